The van der Waals surface area contributed by atoms with Crippen LogP contribution in [-0.2, 0) is 12.6 Å². The molecule has 31 heavy (non-hydrogen) atoms. The number of hydrogen-bond donors (Lipinski definition) is 0. The lowest BCUT2D eigenvalue weighted by molar-refractivity contribution is -0.141. The maximum atomic E-state index is 13.5. The molecule has 2 bridgehead atoms. The van der Waals surface area contributed by atoms with Crippen LogP contribution in [0.25, 0.3) is 5.69 Å². The molecular weight excluding hydrogens is 407 g/mol. The highest BCUT2D eigenvalue weighted by Crippen LogP contribution is 2.44. The van der Waals surface area contributed by atoms with Gasteiger partial charge >= 0.3 is 6.18 Å². The normalized spacial score (nSPS) is 22.8. The molecule has 3 aromatic rings. The highest BCUT2D eigenvalue weighted by molar-refractivity contribution is 5.98. The molecule has 0 spiro atoms. The van der Waals surface area contributed by atoms with Crippen LogP contribution in [0, 0.1) is 5.92 Å². The van der Waals surface area contributed by atoms with E-state index in [9.17, 15) is 18.0 Å². The van der Waals surface area contributed by atoms with Crippen molar-refractivity contribution in [1.82, 2.24) is 24.9 Å². The van der Waals surface area contributed by atoms with Crippen LogP contribution >= 0.6 is 0 Å². The maximum absolute atomic E-state index is 13.5. The molecule has 3 unspecified atom stereocenters. The minimum atomic E-state index is -4.46. The largest absolute Gasteiger partial charge is 0.433 e. The fourth-order valence-electron chi connectivity index (χ4n) is 4.98. The van der Waals surface area contributed by atoms with Gasteiger partial charge in [0.25, 0.3) is 5.91 Å². The van der Waals surface area contributed by atoms with Crippen LogP contribution in [0.2, 0.25) is 0 Å². The molecule has 1 amide bonds. The van der Waals surface area contributed by atoms with Crippen molar-refractivity contribution >= 4 is 5.91 Å². The predicted octanol–water partition coefficient (Wildman–Crippen LogP) is 3.92. The molecule has 2 aliphatic heterocycles. The van der Waals surface area contributed by atoms with Crippen LogP contribution in [0.4, 0.5) is 13.2 Å². The molecule has 4 heterocycles. The van der Waals surface area contributed by atoms with Gasteiger partial charge in [0.15, 0.2) is 0 Å². The zero-order valence-corrected chi connectivity index (χ0v) is 16.5. The predicted molar refractivity (Wildman–Crippen MR) is 105 cm³/mol. The Bertz CT molecular complexity index is 1100. The molecule has 3 atom stereocenters. The van der Waals surface area contributed by atoms with Crippen LogP contribution in [0.3, 0.4) is 0 Å². The second kappa shape index (κ2) is 7.47. The highest BCUT2D eigenvalue weighted by atomic mass is 19.4. The van der Waals surface area contributed by atoms with Crippen molar-refractivity contribution in [2.75, 3.05) is 0 Å². The van der Waals surface area contributed by atoms with Crippen molar-refractivity contribution in [1.29, 1.82) is 0 Å². The molecule has 2 aliphatic rings. The number of amides is 1. The number of carbonyl (C=O) groups excluding carboxylic acids is 1. The Hall–Kier alpha value is -3.23. The average molecular weight is 427 g/mol. The van der Waals surface area contributed by atoms with Gasteiger partial charge in [0.1, 0.15) is 5.69 Å². The van der Waals surface area contributed by atoms with Gasteiger partial charge in [0.05, 0.1) is 23.6 Å². The SMILES string of the molecule is O=C(c1ccccc1-n1nccn1)N1C2CCC1C(Cc1cccc(C(F)(F)F)n1)C2. The summed E-state index contributed by atoms with van der Waals surface area (Å²) < 4.78 is 39.0. The topological polar surface area (TPSA) is 63.9 Å². The number of aromatic nitrogens is 4. The molecule has 0 radical (unpaired) electrons. The second-order valence-electron chi connectivity index (χ2n) is 8.06. The summed E-state index contributed by atoms with van der Waals surface area (Å²) in [6, 6.07) is 11.3. The Balaban J connectivity index is 1.38. The van der Waals surface area contributed by atoms with Gasteiger partial charge in [-0.15, -0.1) is 0 Å². The third-order valence-corrected chi connectivity index (χ3v) is 6.24. The number of rotatable bonds is 4. The van der Waals surface area contributed by atoms with Gasteiger partial charge in [-0.05, 0) is 55.9 Å². The van der Waals surface area contributed by atoms with Crippen molar-refractivity contribution < 1.29 is 18.0 Å². The monoisotopic (exact) mass is 427 g/mol. The number of para-hydroxylation sites is 1. The van der Waals surface area contributed by atoms with Crippen LogP contribution in [0.1, 0.15) is 41.0 Å². The van der Waals surface area contributed by atoms with E-state index in [1.54, 1.807) is 30.6 Å². The molecule has 2 saturated heterocycles. The molecule has 0 aliphatic carbocycles. The molecule has 2 aromatic heterocycles. The van der Waals surface area contributed by atoms with Crippen molar-refractivity contribution in [3.05, 3.63) is 71.8 Å². The summed E-state index contributed by atoms with van der Waals surface area (Å²) in [5.41, 5.74) is 0.677. The summed E-state index contributed by atoms with van der Waals surface area (Å²) in [6.45, 7) is 0. The molecular formula is C22H20F3N5O. The first-order valence-corrected chi connectivity index (χ1v) is 10.2. The standard InChI is InChI=1S/C22H20F3N5O/c23-22(24,25)20-7-3-4-15(28-20)12-14-13-16-8-9-18(14)29(16)21(31)17-5-1-2-6-19(17)30-26-10-11-27-30/h1-7,10-11,14,16,18H,8-9,12-13H2. The first kappa shape index (κ1) is 19.7. The van der Waals surface area contributed by atoms with Crippen LogP contribution in [-0.4, -0.2) is 42.9 Å². The van der Waals surface area contributed by atoms with E-state index >= 15 is 0 Å². The number of carbonyl (C=O) groups is 1. The number of hydrogen-bond acceptors (Lipinski definition) is 4. The van der Waals surface area contributed by atoms with Gasteiger partial charge < -0.3 is 4.90 Å². The summed E-state index contributed by atoms with van der Waals surface area (Å²) in [7, 11) is 0. The van der Waals surface area contributed by atoms with E-state index in [-0.39, 0.29) is 23.9 Å². The minimum Gasteiger partial charge on any atom is -0.332 e. The Kier molecular flexibility index (Phi) is 4.75. The van der Waals surface area contributed by atoms with Gasteiger partial charge in [-0.1, -0.05) is 18.2 Å². The van der Waals surface area contributed by atoms with E-state index in [0.29, 0.717) is 23.4 Å². The lowest BCUT2D eigenvalue weighted by Gasteiger charge is -2.25. The molecule has 5 rings (SSSR count). The number of pyridine rings is 1. The van der Waals surface area contributed by atoms with E-state index < -0.39 is 11.9 Å². The summed E-state index contributed by atoms with van der Waals surface area (Å²) in [5.74, 6) is 0.00794. The fourth-order valence-corrected chi connectivity index (χ4v) is 4.98. The zero-order chi connectivity index (χ0) is 21.6. The summed E-state index contributed by atoms with van der Waals surface area (Å²) >= 11 is 0. The molecule has 2 fully saturated rings. The molecule has 160 valence electrons. The third-order valence-electron chi connectivity index (χ3n) is 6.24. The molecule has 1 aromatic carbocycles. The van der Waals surface area contributed by atoms with Gasteiger partial charge in [0.2, 0.25) is 0 Å². The third kappa shape index (κ3) is 3.58. The molecule has 0 saturated carbocycles. The van der Waals surface area contributed by atoms with E-state index in [0.717, 1.165) is 25.3 Å². The van der Waals surface area contributed by atoms with Gasteiger partial charge in [0, 0.05) is 17.8 Å². The van der Waals surface area contributed by atoms with E-state index in [2.05, 4.69) is 15.2 Å². The van der Waals surface area contributed by atoms with Gasteiger partial charge in [-0.3, -0.25) is 4.79 Å². The van der Waals surface area contributed by atoms with Crippen molar-refractivity contribution in [2.45, 2.75) is 43.9 Å². The van der Waals surface area contributed by atoms with Crippen LogP contribution in [0.5, 0.6) is 0 Å². The van der Waals surface area contributed by atoms with Crippen molar-refractivity contribution in [2.24, 2.45) is 5.92 Å². The number of halogens is 3. The summed E-state index contributed by atoms with van der Waals surface area (Å²) in [4.78, 5) is 20.7. The lowest BCUT2D eigenvalue weighted by Crippen LogP contribution is -2.37. The quantitative estimate of drug-likeness (QED) is 0.633. The zero-order valence-electron chi connectivity index (χ0n) is 16.5. The number of fused-ring (bicyclic) bond motifs is 2. The second-order valence-corrected chi connectivity index (χ2v) is 8.06. The van der Waals surface area contributed by atoms with Crippen molar-refractivity contribution in [3.8, 4) is 5.69 Å². The highest BCUT2D eigenvalue weighted by Gasteiger charge is 2.49. The molecule has 0 N–H and O–H groups in total. The van der Waals surface area contributed by atoms with E-state index in [1.807, 2.05) is 17.0 Å². The number of benzene rings is 1. The Morgan fingerprint density at radius 3 is 2.58 bits per heavy atom. The Labute approximate surface area is 176 Å². The summed E-state index contributed by atoms with van der Waals surface area (Å²) in [5, 5.41) is 8.29. The smallest absolute Gasteiger partial charge is 0.332 e. The first-order valence-electron chi connectivity index (χ1n) is 10.2. The summed E-state index contributed by atoms with van der Waals surface area (Å²) in [6.07, 6.45) is 1.61. The number of alkyl halides is 3. The van der Waals surface area contributed by atoms with E-state index in [1.165, 1.54) is 10.9 Å². The molecule has 6 nitrogen and oxygen atoms in total. The van der Waals surface area contributed by atoms with Crippen LogP contribution in [0.15, 0.2) is 54.9 Å². The van der Waals surface area contributed by atoms with E-state index in [4.69, 9.17) is 0 Å². The minimum absolute atomic E-state index is 0.00696. The molecule has 9 heteroatoms. The Morgan fingerprint density at radius 1 is 1.03 bits per heavy atom. The maximum Gasteiger partial charge on any atom is 0.433 e. The number of nitrogens with zero attached hydrogens (tertiary/aromatic N) is 5. The Morgan fingerprint density at radius 2 is 1.81 bits per heavy atom. The van der Waals surface area contributed by atoms with Gasteiger partial charge in [-0.2, -0.15) is 28.2 Å². The van der Waals surface area contributed by atoms with Crippen molar-refractivity contribution in [3.63, 3.8) is 0 Å². The van der Waals surface area contributed by atoms with Crippen LogP contribution < -0.4 is 0 Å². The van der Waals surface area contributed by atoms with Gasteiger partial charge in [-0.25, -0.2) is 4.98 Å². The lowest BCUT2D eigenvalue weighted by atomic mass is 9.86. The first-order chi connectivity index (χ1) is 14.9. The fraction of sp³-hybridized carbons (Fsp3) is 0.364. The average Bonchev–Trinajstić information content (AvgIpc) is 3.49.